The third kappa shape index (κ3) is 0.737. The first-order valence-electron chi connectivity index (χ1n) is 3.65. The van der Waals surface area contributed by atoms with Gasteiger partial charge in [-0.25, -0.2) is 0 Å². The van der Waals surface area contributed by atoms with Gasteiger partial charge in [-0.05, 0) is 6.42 Å². The van der Waals surface area contributed by atoms with Crippen molar-refractivity contribution in [2.24, 2.45) is 17.8 Å². The predicted octanol–water partition coefficient (Wildman–Crippen LogP) is 0.462. The van der Waals surface area contributed by atoms with Crippen molar-refractivity contribution in [1.82, 2.24) is 0 Å². The van der Waals surface area contributed by atoms with Crippen molar-refractivity contribution in [2.75, 3.05) is 0 Å². The lowest BCUT2D eigenvalue weighted by Gasteiger charge is -2.09. The van der Waals surface area contributed by atoms with Gasteiger partial charge in [0.1, 0.15) is 5.78 Å². The number of carboxylic acid groups (broad SMARTS) is 1. The minimum Gasteiger partial charge on any atom is -0.481 e. The Balaban J connectivity index is 2.28. The first-order chi connectivity index (χ1) is 5.20. The van der Waals surface area contributed by atoms with Crippen LogP contribution >= 0.6 is 0 Å². The number of carbonyl (C=O) groups is 2. The molecule has 2 bridgehead atoms. The molecule has 0 amide bonds. The van der Waals surface area contributed by atoms with Gasteiger partial charge in [-0.3, -0.25) is 9.59 Å². The van der Waals surface area contributed by atoms with E-state index in [1.165, 1.54) is 0 Å². The van der Waals surface area contributed by atoms with Crippen LogP contribution in [-0.2, 0) is 9.59 Å². The van der Waals surface area contributed by atoms with E-state index >= 15 is 0 Å². The molecular formula is C8H8O3. The molecule has 0 radical (unpaired) electrons. The van der Waals surface area contributed by atoms with Crippen molar-refractivity contribution in [3.8, 4) is 0 Å². The number of rotatable bonds is 1. The van der Waals surface area contributed by atoms with Crippen molar-refractivity contribution in [3.05, 3.63) is 12.2 Å². The number of allylic oxidation sites excluding steroid dienone is 2. The summed E-state index contributed by atoms with van der Waals surface area (Å²) in [7, 11) is 0. The molecule has 58 valence electrons. The van der Waals surface area contributed by atoms with E-state index in [1.54, 1.807) is 6.08 Å². The zero-order valence-corrected chi connectivity index (χ0v) is 5.86. The molecule has 3 nitrogen and oxygen atoms in total. The van der Waals surface area contributed by atoms with Crippen LogP contribution in [0, 0.1) is 17.8 Å². The fraction of sp³-hybridized carbons (Fsp3) is 0.500. The van der Waals surface area contributed by atoms with E-state index in [0.29, 0.717) is 6.42 Å². The number of ketones is 1. The Hall–Kier alpha value is -1.12. The fourth-order valence-electron chi connectivity index (χ4n) is 1.89. The number of carbonyl (C=O) groups excluding carboxylic acids is 1. The largest absolute Gasteiger partial charge is 0.481 e. The van der Waals surface area contributed by atoms with E-state index in [1.807, 2.05) is 6.08 Å². The highest BCUT2D eigenvalue weighted by Gasteiger charge is 2.46. The van der Waals surface area contributed by atoms with E-state index < -0.39 is 11.9 Å². The quantitative estimate of drug-likeness (QED) is 0.555. The number of fused-ring (bicyclic) bond motifs is 2. The van der Waals surface area contributed by atoms with Crippen LogP contribution in [0.15, 0.2) is 12.2 Å². The van der Waals surface area contributed by atoms with Crippen molar-refractivity contribution in [1.29, 1.82) is 0 Å². The molecule has 0 aromatic rings. The Morgan fingerprint density at radius 2 is 2.27 bits per heavy atom. The van der Waals surface area contributed by atoms with Crippen LogP contribution in [0.25, 0.3) is 0 Å². The van der Waals surface area contributed by atoms with E-state index in [9.17, 15) is 9.59 Å². The van der Waals surface area contributed by atoms with E-state index in [-0.39, 0.29) is 17.6 Å². The number of carboxylic acids is 1. The summed E-state index contributed by atoms with van der Waals surface area (Å²) in [6.07, 6.45) is 4.07. The van der Waals surface area contributed by atoms with Gasteiger partial charge in [0.25, 0.3) is 0 Å². The summed E-state index contributed by atoms with van der Waals surface area (Å²) in [5.41, 5.74) is 0. The Morgan fingerprint density at radius 3 is 2.55 bits per heavy atom. The summed E-state index contributed by atoms with van der Waals surface area (Å²) in [4.78, 5) is 21.7. The molecule has 2 aliphatic carbocycles. The SMILES string of the molecule is O=C(O)[C@H]1C[C@@H]2C=C[C@@H]1C2=O. The molecule has 0 aromatic carbocycles. The van der Waals surface area contributed by atoms with Crippen molar-refractivity contribution in [2.45, 2.75) is 6.42 Å². The van der Waals surface area contributed by atoms with Gasteiger partial charge in [0.05, 0.1) is 5.92 Å². The first-order valence-corrected chi connectivity index (χ1v) is 3.65. The van der Waals surface area contributed by atoms with Gasteiger partial charge in [0, 0.05) is 11.8 Å². The first kappa shape index (κ1) is 6.58. The summed E-state index contributed by atoms with van der Waals surface area (Å²) in [5.74, 6) is -1.61. The van der Waals surface area contributed by atoms with E-state index in [2.05, 4.69) is 0 Å². The van der Waals surface area contributed by atoms with Gasteiger partial charge in [-0.2, -0.15) is 0 Å². The third-order valence-corrected chi connectivity index (χ3v) is 2.50. The Kier molecular flexibility index (Phi) is 1.16. The molecule has 2 rings (SSSR count). The van der Waals surface area contributed by atoms with E-state index in [0.717, 1.165) is 0 Å². The molecule has 0 aliphatic heterocycles. The molecule has 3 atom stereocenters. The van der Waals surface area contributed by atoms with Crippen LogP contribution in [0.5, 0.6) is 0 Å². The second-order valence-corrected chi connectivity index (χ2v) is 3.10. The van der Waals surface area contributed by atoms with Gasteiger partial charge in [-0.15, -0.1) is 0 Å². The molecule has 11 heavy (non-hydrogen) atoms. The zero-order valence-electron chi connectivity index (χ0n) is 5.86. The fourth-order valence-corrected chi connectivity index (χ4v) is 1.89. The predicted molar refractivity (Wildman–Crippen MR) is 36.9 cm³/mol. The molecule has 3 heteroatoms. The third-order valence-electron chi connectivity index (χ3n) is 2.50. The normalized spacial score (nSPS) is 40.0. The van der Waals surface area contributed by atoms with Gasteiger partial charge in [-0.1, -0.05) is 12.2 Å². The van der Waals surface area contributed by atoms with Crippen LogP contribution < -0.4 is 0 Å². The Bertz CT molecular complexity index is 254. The summed E-state index contributed by atoms with van der Waals surface area (Å²) >= 11 is 0. The molecule has 1 N–H and O–H groups in total. The average molecular weight is 152 g/mol. The summed E-state index contributed by atoms with van der Waals surface area (Å²) in [5, 5.41) is 8.67. The van der Waals surface area contributed by atoms with Gasteiger partial charge in [0.2, 0.25) is 0 Å². The lowest BCUT2D eigenvalue weighted by atomic mass is 9.94. The maximum atomic E-state index is 11.2. The lowest BCUT2D eigenvalue weighted by molar-refractivity contribution is -0.143. The second kappa shape index (κ2) is 1.94. The molecule has 2 aliphatic rings. The van der Waals surface area contributed by atoms with Gasteiger partial charge >= 0.3 is 5.97 Å². The van der Waals surface area contributed by atoms with E-state index in [4.69, 9.17) is 5.11 Å². The summed E-state index contributed by atoms with van der Waals surface area (Å²) < 4.78 is 0. The van der Waals surface area contributed by atoms with Crippen LogP contribution in [0.2, 0.25) is 0 Å². The molecule has 0 spiro atoms. The molecule has 0 aromatic heterocycles. The number of Topliss-reactive ketones (excluding diaryl/α,β-unsaturated/α-hetero) is 1. The van der Waals surface area contributed by atoms with Crippen LogP contribution in [0.1, 0.15) is 6.42 Å². The molecule has 1 saturated carbocycles. The average Bonchev–Trinajstić information content (AvgIpc) is 2.46. The zero-order chi connectivity index (χ0) is 8.01. The van der Waals surface area contributed by atoms with Gasteiger partial charge in [0.15, 0.2) is 0 Å². The molecular weight excluding hydrogens is 144 g/mol. The van der Waals surface area contributed by atoms with Crippen molar-refractivity contribution >= 4 is 11.8 Å². The standard InChI is InChI=1S/C8H8O3/c9-7-4-1-2-5(7)6(3-4)8(10)11/h1-2,4-6H,3H2,(H,10,11)/t4-,5-,6-/m0/s1. The van der Waals surface area contributed by atoms with Crippen LogP contribution in [0.3, 0.4) is 0 Å². The molecule has 0 heterocycles. The highest BCUT2D eigenvalue weighted by molar-refractivity contribution is 5.96. The van der Waals surface area contributed by atoms with Crippen LogP contribution in [0.4, 0.5) is 0 Å². The van der Waals surface area contributed by atoms with Crippen LogP contribution in [-0.4, -0.2) is 16.9 Å². The number of aliphatic carboxylic acids is 1. The van der Waals surface area contributed by atoms with Crippen molar-refractivity contribution in [3.63, 3.8) is 0 Å². The van der Waals surface area contributed by atoms with Crippen molar-refractivity contribution < 1.29 is 14.7 Å². The second-order valence-electron chi connectivity index (χ2n) is 3.10. The monoisotopic (exact) mass is 152 g/mol. The maximum Gasteiger partial charge on any atom is 0.307 e. The summed E-state index contributed by atoms with van der Waals surface area (Å²) in [6, 6.07) is 0. The highest BCUT2D eigenvalue weighted by Crippen LogP contribution is 2.40. The molecule has 0 unspecified atom stereocenters. The van der Waals surface area contributed by atoms with Gasteiger partial charge < -0.3 is 5.11 Å². The number of hydrogen-bond donors (Lipinski definition) is 1. The summed E-state index contributed by atoms with van der Waals surface area (Å²) in [6.45, 7) is 0. The molecule has 0 saturated heterocycles. The Labute approximate surface area is 63.7 Å². The number of hydrogen-bond acceptors (Lipinski definition) is 2. The minimum absolute atomic E-state index is 0.0948. The molecule has 1 fully saturated rings. The lowest BCUT2D eigenvalue weighted by Crippen LogP contribution is -2.19. The maximum absolute atomic E-state index is 11.2. The Morgan fingerprint density at radius 1 is 1.55 bits per heavy atom. The minimum atomic E-state index is -0.838. The highest BCUT2D eigenvalue weighted by atomic mass is 16.4. The topological polar surface area (TPSA) is 54.4 Å². The smallest absolute Gasteiger partial charge is 0.307 e.